The first kappa shape index (κ1) is 21.8. The summed E-state index contributed by atoms with van der Waals surface area (Å²) in [6.07, 6.45) is -0.0744. The fourth-order valence-electron chi connectivity index (χ4n) is 2.68. The number of hydrogen-bond acceptors (Lipinski definition) is 4. The van der Waals surface area contributed by atoms with Crippen molar-refractivity contribution in [3.63, 3.8) is 0 Å². The molecule has 0 radical (unpaired) electrons. The van der Waals surface area contributed by atoms with E-state index in [1.54, 1.807) is 36.4 Å². The summed E-state index contributed by atoms with van der Waals surface area (Å²) in [5.41, 5.74) is 1.19. The van der Waals surface area contributed by atoms with Crippen molar-refractivity contribution in [3.05, 3.63) is 82.6 Å². The maximum absolute atomic E-state index is 13.8. The van der Waals surface area contributed by atoms with Crippen molar-refractivity contribution in [3.8, 4) is 5.75 Å². The second-order valence-corrected chi connectivity index (χ2v) is 8.93. The van der Waals surface area contributed by atoms with E-state index in [0.717, 1.165) is 4.47 Å². The minimum absolute atomic E-state index is 0.00119. The molecule has 3 aromatic carbocycles. The van der Waals surface area contributed by atoms with Crippen molar-refractivity contribution in [2.45, 2.75) is 11.3 Å². The van der Waals surface area contributed by atoms with Crippen LogP contribution in [-0.4, -0.2) is 21.4 Å². The Labute approximate surface area is 182 Å². The highest BCUT2D eigenvalue weighted by Crippen LogP contribution is 2.22. The molecule has 0 fully saturated rings. The zero-order valence-electron chi connectivity index (χ0n) is 15.9. The Kier molecular flexibility index (Phi) is 6.73. The van der Waals surface area contributed by atoms with Gasteiger partial charge in [0.05, 0.1) is 18.4 Å². The third kappa shape index (κ3) is 5.58. The van der Waals surface area contributed by atoms with Crippen LogP contribution in [0.3, 0.4) is 0 Å². The van der Waals surface area contributed by atoms with Gasteiger partial charge in [-0.05, 0) is 60.2 Å². The number of nitrogens with one attached hydrogen (secondary N) is 2. The SMILES string of the molecule is COc1ccc(CC(=O)Nc2cccc(S(=O)(=O)Nc3ccc(Br)cc3)c2)cc1F. The lowest BCUT2D eigenvalue weighted by atomic mass is 10.1. The number of ether oxygens (including phenoxy) is 1. The van der Waals surface area contributed by atoms with Gasteiger partial charge in [0, 0.05) is 15.8 Å². The van der Waals surface area contributed by atoms with Crippen LogP contribution >= 0.6 is 15.9 Å². The molecular weight excluding hydrogens is 475 g/mol. The molecule has 0 heterocycles. The average molecular weight is 493 g/mol. The minimum atomic E-state index is -3.84. The minimum Gasteiger partial charge on any atom is -0.494 e. The predicted molar refractivity (Wildman–Crippen MR) is 117 cm³/mol. The fourth-order valence-corrected chi connectivity index (χ4v) is 4.05. The van der Waals surface area contributed by atoms with Crippen molar-refractivity contribution in [1.29, 1.82) is 0 Å². The molecule has 156 valence electrons. The molecule has 2 N–H and O–H groups in total. The van der Waals surface area contributed by atoms with Gasteiger partial charge < -0.3 is 10.1 Å². The van der Waals surface area contributed by atoms with Crippen LogP contribution in [0.15, 0.2) is 76.1 Å². The van der Waals surface area contributed by atoms with E-state index >= 15 is 0 Å². The van der Waals surface area contributed by atoms with E-state index in [1.165, 1.54) is 37.4 Å². The number of sulfonamides is 1. The number of carbonyl (C=O) groups is 1. The van der Waals surface area contributed by atoms with Crippen molar-refractivity contribution in [2.24, 2.45) is 0 Å². The van der Waals surface area contributed by atoms with Gasteiger partial charge in [0.2, 0.25) is 5.91 Å². The smallest absolute Gasteiger partial charge is 0.261 e. The number of rotatable bonds is 7. The summed E-state index contributed by atoms with van der Waals surface area (Å²) in [5, 5.41) is 2.63. The van der Waals surface area contributed by atoms with Crippen molar-refractivity contribution < 1.29 is 22.3 Å². The molecule has 0 aliphatic carbocycles. The number of halogens is 2. The Bertz CT molecular complexity index is 1170. The van der Waals surface area contributed by atoms with Crippen molar-refractivity contribution >= 4 is 43.2 Å². The molecule has 0 aliphatic rings. The summed E-state index contributed by atoms with van der Waals surface area (Å²) in [6, 6.07) is 16.8. The van der Waals surface area contributed by atoms with E-state index in [0.29, 0.717) is 16.9 Å². The third-order valence-corrected chi connectivity index (χ3v) is 6.01. The Morgan fingerprint density at radius 3 is 2.43 bits per heavy atom. The first-order valence-corrected chi connectivity index (χ1v) is 11.1. The molecule has 3 rings (SSSR count). The Balaban J connectivity index is 1.70. The maximum Gasteiger partial charge on any atom is 0.261 e. The van der Waals surface area contributed by atoms with E-state index in [9.17, 15) is 17.6 Å². The van der Waals surface area contributed by atoms with Crippen LogP contribution in [0.5, 0.6) is 5.75 Å². The second-order valence-electron chi connectivity index (χ2n) is 6.33. The van der Waals surface area contributed by atoms with Crippen molar-refractivity contribution in [2.75, 3.05) is 17.1 Å². The van der Waals surface area contributed by atoms with E-state index in [-0.39, 0.29) is 17.1 Å². The molecule has 0 unspecified atom stereocenters. The summed E-state index contributed by atoms with van der Waals surface area (Å²) in [7, 11) is -2.48. The number of carbonyl (C=O) groups excluding carboxylic acids is 1. The largest absolute Gasteiger partial charge is 0.494 e. The molecule has 0 saturated heterocycles. The van der Waals surface area contributed by atoms with Gasteiger partial charge in [0.25, 0.3) is 10.0 Å². The van der Waals surface area contributed by atoms with Gasteiger partial charge in [-0.25, -0.2) is 12.8 Å². The summed E-state index contributed by atoms with van der Waals surface area (Å²) >= 11 is 3.29. The molecule has 0 atom stereocenters. The van der Waals surface area contributed by atoms with Gasteiger partial charge in [-0.1, -0.05) is 28.1 Å². The normalized spacial score (nSPS) is 11.0. The lowest BCUT2D eigenvalue weighted by Crippen LogP contribution is -2.16. The number of benzene rings is 3. The quantitative estimate of drug-likeness (QED) is 0.505. The van der Waals surface area contributed by atoms with Gasteiger partial charge >= 0.3 is 0 Å². The summed E-state index contributed by atoms with van der Waals surface area (Å²) in [4.78, 5) is 12.3. The van der Waals surface area contributed by atoms with Gasteiger partial charge in [-0.3, -0.25) is 9.52 Å². The number of anilines is 2. The molecular formula is C21H18BrFN2O4S. The molecule has 0 aromatic heterocycles. The Morgan fingerprint density at radius 1 is 1.03 bits per heavy atom. The Morgan fingerprint density at radius 2 is 1.77 bits per heavy atom. The van der Waals surface area contributed by atoms with Gasteiger partial charge in [0.1, 0.15) is 0 Å². The van der Waals surface area contributed by atoms with E-state index < -0.39 is 21.7 Å². The molecule has 9 heteroatoms. The summed E-state index contributed by atoms with van der Waals surface area (Å²) in [6.45, 7) is 0. The first-order chi connectivity index (χ1) is 14.3. The topological polar surface area (TPSA) is 84.5 Å². The summed E-state index contributed by atoms with van der Waals surface area (Å²) in [5.74, 6) is -0.875. The van der Waals surface area contributed by atoms with E-state index in [2.05, 4.69) is 26.0 Å². The first-order valence-electron chi connectivity index (χ1n) is 8.77. The zero-order chi connectivity index (χ0) is 21.7. The average Bonchev–Trinajstić information content (AvgIpc) is 2.70. The van der Waals surface area contributed by atoms with Gasteiger partial charge in [0.15, 0.2) is 11.6 Å². The molecule has 0 bridgehead atoms. The molecule has 0 spiro atoms. The zero-order valence-corrected chi connectivity index (χ0v) is 18.3. The number of methoxy groups -OCH3 is 1. The van der Waals surface area contributed by atoms with Gasteiger partial charge in [-0.15, -0.1) is 0 Å². The third-order valence-electron chi connectivity index (χ3n) is 4.11. The molecule has 0 aliphatic heterocycles. The Hall–Kier alpha value is -2.91. The molecule has 30 heavy (non-hydrogen) atoms. The van der Waals surface area contributed by atoms with E-state index in [1.807, 2.05) is 0 Å². The van der Waals surface area contributed by atoms with Crippen LogP contribution in [0.25, 0.3) is 0 Å². The van der Waals surface area contributed by atoms with Crippen LogP contribution in [0, 0.1) is 5.82 Å². The predicted octanol–water partition coefficient (Wildman–Crippen LogP) is 4.58. The number of amides is 1. The molecule has 6 nitrogen and oxygen atoms in total. The highest BCUT2D eigenvalue weighted by Gasteiger charge is 2.15. The van der Waals surface area contributed by atoms with Crippen LogP contribution in [0.2, 0.25) is 0 Å². The number of hydrogen-bond donors (Lipinski definition) is 2. The van der Waals surface area contributed by atoms with Crippen LogP contribution in [-0.2, 0) is 21.2 Å². The maximum atomic E-state index is 13.8. The highest BCUT2D eigenvalue weighted by atomic mass is 79.9. The van der Waals surface area contributed by atoms with Crippen LogP contribution in [0.1, 0.15) is 5.56 Å². The molecule has 3 aromatic rings. The molecule has 1 amide bonds. The lowest BCUT2D eigenvalue weighted by molar-refractivity contribution is -0.115. The summed E-state index contributed by atoms with van der Waals surface area (Å²) < 4.78 is 47.2. The molecule has 0 saturated carbocycles. The highest BCUT2D eigenvalue weighted by molar-refractivity contribution is 9.10. The van der Waals surface area contributed by atoms with Crippen LogP contribution in [0.4, 0.5) is 15.8 Å². The second kappa shape index (κ2) is 9.27. The van der Waals surface area contributed by atoms with E-state index in [4.69, 9.17) is 4.74 Å². The monoisotopic (exact) mass is 492 g/mol. The fraction of sp³-hybridized carbons (Fsp3) is 0.0952. The lowest BCUT2D eigenvalue weighted by Gasteiger charge is -2.11. The standard InChI is InChI=1S/C21H18BrFN2O4S/c1-29-20-10-5-14(11-19(20)23)12-21(26)24-17-3-2-4-18(13-17)30(27,28)25-16-8-6-15(22)7-9-16/h2-11,13,25H,12H2,1H3,(H,24,26). The van der Waals surface area contributed by atoms with Crippen LogP contribution < -0.4 is 14.8 Å². The van der Waals surface area contributed by atoms with Gasteiger partial charge in [-0.2, -0.15) is 0 Å². The van der Waals surface area contributed by atoms with Crippen molar-refractivity contribution in [1.82, 2.24) is 0 Å².